The van der Waals surface area contributed by atoms with Gasteiger partial charge in [0, 0.05) is 6.42 Å². The topological polar surface area (TPSA) is 17.1 Å². The van der Waals surface area contributed by atoms with E-state index in [0.29, 0.717) is 10.8 Å². The molecule has 0 unspecified atom stereocenters. The molecule has 146 valence electrons. The lowest BCUT2D eigenvalue weighted by atomic mass is 9.44. The van der Waals surface area contributed by atoms with Gasteiger partial charge in [0.25, 0.3) is 0 Å². The van der Waals surface area contributed by atoms with Gasteiger partial charge in [0.15, 0.2) is 0 Å². The molecule has 1 heteroatoms. The summed E-state index contributed by atoms with van der Waals surface area (Å²) < 4.78 is 0. The van der Waals surface area contributed by atoms with Crippen LogP contribution in [0.2, 0.25) is 0 Å². The Morgan fingerprint density at radius 1 is 1.08 bits per heavy atom. The second-order valence-electron chi connectivity index (χ2n) is 11.1. The van der Waals surface area contributed by atoms with Crippen molar-refractivity contribution in [2.75, 3.05) is 0 Å². The van der Waals surface area contributed by atoms with Gasteiger partial charge in [0.1, 0.15) is 6.29 Å². The van der Waals surface area contributed by atoms with Crippen LogP contribution in [0.5, 0.6) is 0 Å². The van der Waals surface area contributed by atoms with E-state index >= 15 is 0 Å². The molecule has 0 N–H and O–H groups in total. The zero-order valence-corrected chi connectivity index (χ0v) is 17.4. The molecule has 8 atom stereocenters. The minimum Gasteiger partial charge on any atom is -0.303 e. The standard InChI is InChI=1S/C25H40O/c1-17-11-13-24(3)19(16-17)7-8-20-22-10-9-21(18(2)6-5-15-26)25(22,4)14-12-23(20)24/h15,18-23H,1,5-14,16H2,2-4H3/t18-,19-,20+,21-,22+,23+,24+,25-/m1/s1. The summed E-state index contributed by atoms with van der Waals surface area (Å²) in [4.78, 5) is 10.9. The second kappa shape index (κ2) is 6.78. The molecule has 4 fully saturated rings. The first-order valence-corrected chi connectivity index (χ1v) is 11.5. The summed E-state index contributed by atoms with van der Waals surface area (Å²) >= 11 is 0. The first kappa shape index (κ1) is 18.8. The Morgan fingerprint density at radius 2 is 1.85 bits per heavy atom. The van der Waals surface area contributed by atoms with E-state index in [-0.39, 0.29) is 0 Å². The molecule has 4 rings (SSSR count). The third-order valence-corrected chi connectivity index (χ3v) is 10.1. The monoisotopic (exact) mass is 356 g/mol. The first-order chi connectivity index (χ1) is 12.4. The van der Waals surface area contributed by atoms with E-state index in [9.17, 15) is 4.79 Å². The van der Waals surface area contributed by atoms with Gasteiger partial charge >= 0.3 is 0 Å². The Balaban J connectivity index is 1.54. The van der Waals surface area contributed by atoms with Crippen LogP contribution in [0.25, 0.3) is 0 Å². The molecule has 1 nitrogen and oxygen atoms in total. The number of rotatable bonds is 4. The van der Waals surface area contributed by atoms with Crippen molar-refractivity contribution in [1.29, 1.82) is 0 Å². The molecule has 0 aromatic carbocycles. The number of aldehydes is 1. The highest BCUT2D eigenvalue weighted by atomic mass is 16.1. The van der Waals surface area contributed by atoms with Crippen LogP contribution in [0.15, 0.2) is 12.2 Å². The molecular weight excluding hydrogens is 316 g/mol. The lowest BCUT2D eigenvalue weighted by Crippen LogP contribution is -2.53. The average molecular weight is 357 g/mol. The van der Waals surface area contributed by atoms with Crippen LogP contribution in [0, 0.1) is 46.3 Å². The summed E-state index contributed by atoms with van der Waals surface area (Å²) in [5, 5.41) is 0. The summed E-state index contributed by atoms with van der Waals surface area (Å²) in [5.74, 6) is 5.38. The zero-order chi connectivity index (χ0) is 18.5. The maximum absolute atomic E-state index is 10.9. The first-order valence-electron chi connectivity index (χ1n) is 11.5. The number of carbonyl (C=O) groups is 1. The summed E-state index contributed by atoms with van der Waals surface area (Å²) in [6, 6.07) is 0. The Hall–Kier alpha value is -0.590. The normalized spacial score (nSPS) is 49.0. The van der Waals surface area contributed by atoms with E-state index in [1.807, 2.05) is 0 Å². The van der Waals surface area contributed by atoms with Crippen LogP contribution < -0.4 is 0 Å². The summed E-state index contributed by atoms with van der Waals surface area (Å²) in [6.07, 6.45) is 15.7. The van der Waals surface area contributed by atoms with Gasteiger partial charge in [0.2, 0.25) is 0 Å². The highest BCUT2D eigenvalue weighted by Crippen LogP contribution is 2.68. The Morgan fingerprint density at radius 3 is 2.62 bits per heavy atom. The largest absolute Gasteiger partial charge is 0.303 e. The van der Waals surface area contributed by atoms with Gasteiger partial charge in [-0.1, -0.05) is 32.9 Å². The fraction of sp³-hybridized carbons (Fsp3) is 0.880. The molecule has 4 aliphatic rings. The lowest BCUT2D eigenvalue weighted by Gasteiger charge is -2.61. The van der Waals surface area contributed by atoms with E-state index in [1.165, 1.54) is 63.4 Å². The molecule has 0 amide bonds. The van der Waals surface area contributed by atoms with Crippen molar-refractivity contribution < 1.29 is 4.79 Å². The fourth-order valence-corrected chi connectivity index (χ4v) is 8.66. The van der Waals surface area contributed by atoms with Gasteiger partial charge in [-0.15, -0.1) is 0 Å². The zero-order valence-electron chi connectivity index (χ0n) is 17.4. The summed E-state index contributed by atoms with van der Waals surface area (Å²) in [5.41, 5.74) is 2.66. The van der Waals surface area contributed by atoms with Crippen molar-refractivity contribution in [3.05, 3.63) is 12.2 Å². The molecule has 0 spiro atoms. The minimum absolute atomic E-state index is 0.547. The van der Waals surface area contributed by atoms with Gasteiger partial charge in [0.05, 0.1) is 0 Å². The van der Waals surface area contributed by atoms with E-state index < -0.39 is 0 Å². The van der Waals surface area contributed by atoms with Gasteiger partial charge in [-0.3, -0.25) is 0 Å². The van der Waals surface area contributed by atoms with E-state index in [2.05, 4.69) is 27.4 Å². The Kier molecular flexibility index (Phi) is 4.89. The molecular formula is C25H40O. The third-order valence-electron chi connectivity index (χ3n) is 10.1. The van der Waals surface area contributed by atoms with Gasteiger partial charge < -0.3 is 4.79 Å². The molecule has 0 aromatic heterocycles. The van der Waals surface area contributed by atoms with E-state index in [0.717, 1.165) is 54.6 Å². The fourth-order valence-electron chi connectivity index (χ4n) is 8.66. The minimum atomic E-state index is 0.547. The SMILES string of the molecule is C=C1CC[C@@]2(C)[C@H](CC[C@@H]3[C@@H]2CC[C@]2(C)[C@@H]([C@H](C)CCC=O)CC[C@@H]32)C1. The van der Waals surface area contributed by atoms with Gasteiger partial charge in [-0.2, -0.15) is 0 Å². The van der Waals surface area contributed by atoms with Crippen molar-refractivity contribution in [1.82, 2.24) is 0 Å². The molecule has 0 aliphatic heterocycles. The Bertz CT molecular complexity index is 565. The van der Waals surface area contributed by atoms with Crippen molar-refractivity contribution in [2.24, 2.45) is 46.3 Å². The van der Waals surface area contributed by atoms with Crippen LogP contribution in [0.4, 0.5) is 0 Å². The molecule has 0 radical (unpaired) electrons. The molecule has 0 aromatic rings. The molecule has 0 saturated heterocycles. The predicted molar refractivity (Wildman–Crippen MR) is 109 cm³/mol. The third kappa shape index (κ3) is 2.75. The van der Waals surface area contributed by atoms with Crippen LogP contribution in [0.3, 0.4) is 0 Å². The molecule has 0 heterocycles. The smallest absolute Gasteiger partial charge is 0.120 e. The van der Waals surface area contributed by atoms with Gasteiger partial charge in [-0.05, 0) is 111 Å². The van der Waals surface area contributed by atoms with Crippen LogP contribution in [0.1, 0.15) is 91.4 Å². The highest BCUT2D eigenvalue weighted by molar-refractivity contribution is 5.49. The van der Waals surface area contributed by atoms with Crippen LogP contribution >= 0.6 is 0 Å². The number of fused-ring (bicyclic) bond motifs is 5. The van der Waals surface area contributed by atoms with Gasteiger partial charge in [-0.25, -0.2) is 0 Å². The second-order valence-corrected chi connectivity index (χ2v) is 11.1. The molecule has 26 heavy (non-hydrogen) atoms. The van der Waals surface area contributed by atoms with Crippen molar-refractivity contribution in [3.63, 3.8) is 0 Å². The van der Waals surface area contributed by atoms with Crippen molar-refractivity contribution >= 4 is 6.29 Å². The lowest BCUT2D eigenvalue weighted by molar-refractivity contribution is -0.111. The maximum atomic E-state index is 10.9. The highest BCUT2D eigenvalue weighted by Gasteiger charge is 2.60. The van der Waals surface area contributed by atoms with E-state index in [4.69, 9.17) is 0 Å². The van der Waals surface area contributed by atoms with Crippen molar-refractivity contribution in [2.45, 2.75) is 91.4 Å². The van der Waals surface area contributed by atoms with Crippen molar-refractivity contribution in [3.8, 4) is 0 Å². The molecule has 0 bridgehead atoms. The average Bonchev–Trinajstić information content (AvgIpc) is 2.97. The van der Waals surface area contributed by atoms with Crippen LogP contribution in [-0.2, 0) is 4.79 Å². The molecule has 4 saturated carbocycles. The summed E-state index contributed by atoms with van der Waals surface area (Å²) in [6.45, 7) is 12.1. The van der Waals surface area contributed by atoms with Crippen LogP contribution in [-0.4, -0.2) is 6.29 Å². The number of allylic oxidation sites excluding steroid dienone is 1. The number of hydrogen-bond acceptors (Lipinski definition) is 1. The Labute approximate surface area is 161 Å². The number of carbonyl (C=O) groups excluding carboxylic acids is 1. The predicted octanol–water partition coefficient (Wildman–Crippen LogP) is 6.82. The molecule has 4 aliphatic carbocycles. The maximum Gasteiger partial charge on any atom is 0.120 e. The number of hydrogen-bond donors (Lipinski definition) is 0. The quantitative estimate of drug-likeness (QED) is 0.399. The van der Waals surface area contributed by atoms with E-state index in [1.54, 1.807) is 0 Å². The summed E-state index contributed by atoms with van der Waals surface area (Å²) in [7, 11) is 0.